The van der Waals surface area contributed by atoms with E-state index in [1.807, 2.05) is 6.20 Å². The van der Waals surface area contributed by atoms with E-state index >= 15 is 0 Å². The first-order chi connectivity index (χ1) is 12.8. The Morgan fingerprint density at radius 2 is 2.12 bits per heavy atom. The molecule has 2 N–H and O–H groups in total. The fourth-order valence-electron chi connectivity index (χ4n) is 4.14. The van der Waals surface area contributed by atoms with Crippen molar-refractivity contribution in [1.82, 2.24) is 9.88 Å². The summed E-state index contributed by atoms with van der Waals surface area (Å²) in [5.41, 5.74) is 8.18. The third kappa shape index (κ3) is 3.43. The van der Waals surface area contributed by atoms with E-state index in [0.29, 0.717) is 0 Å². The van der Waals surface area contributed by atoms with Crippen molar-refractivity contribution >= 4 is 32.3 Å². The molecule has 1 aliphatic rings. The number of piperidine rings is 1. The zero-order valence-electron chi connectivity index (χ0n) is 15.4. The largest absolute Gasteiger partial charge is 0.496 e. The Labute approximate surface area is 159 Å². The van der Waals surface area contributed by atoms with Crippen LogP contribution in [0.5, 0.6) is 5.75 Å². The van der Waals surface area contributed by atoms with E-state index < -0.39 is 0 Å². The van der Waals surface area contributed by atoms with E-state index in [2.05, 4.69) is 33.5 Å². The normalized spacial score (nSPS) is 16.5. The first-order valence-electron chi connectivity index (χ1n) is 9.54. The van der Waals surface area contributed by atoms with Gasteiger partial charge >= 0.3 is 0 Å². The van der Waals surface area contributed by atoms with Crippen molar-refractivity contribution < 1.29 is 4.74 Å². The molecule has 1 fully saturated rings. The second-order valence-corrected chi connectivity index (χ2v) is 8.17. The summed E-state index contributed by atoms with van der Waals surface area (Å²) in [6.07, 6.45) is 6.64. The van der Waals surface area contributed by atoms with Crippen LogP contribution in [0.2, 0.25) is 0 Å². The van der Waals surface area contributed by atoms with Gasteiger partial charge < -0.3 is 15.4 Å². The Morgan fingerprint density at radius 3 is 2.88 bits per heavy atom. The van der Waals surface area contributed by atoms with Gasteiger partial charge in [-0.3, -0.25) is 4.98 Å². The van der Waals surface area contributed by atoms with Gasteiger partial charge in [-0.05, 0) is 81.4 Å². The molecule has 1 saturated heterocycles. The highest BCUT2D eigenvalue weighted by atomic mass is 32.1. The molecule has 2 aromatic heterocycles. The minimum absolute atomic E-state index is 0.724. The number of hydrogen-bond acceptors (Lipinski definition) is 5. The maximum Gasteiger partial charge on any atom is 0.122 e. The lowest BCUT2D eigenvalue weighted by Gasteiger charge is -2.31. The molecule has 3 heterocycles. The molecular formula is C21H27N3OS. The number of likely N-dealkylation sites (tertiary alicyclic amines) is 1. The predicted octanol–water partition coefficient (Wildman–Crippen LogP) is 4.06. The van der Waals surface area contributed by atoms with E-state index in [9.17, 15) is 0 Å². The van der Waals surface area contributed by atoms with E-state index in [1.54, 1.807) is 18.4 Å². The minimum atomic E-state index is 0.724. The van der Waals surface area contributed by atoms with Crippen molar-refractivity contribution in [2.75, 3.05) is 33.3 Å². The Bertz CT molecular complexity index is 883. The van der Waals surface area contributed by atoms with Gasteiger partial charge in [0.25, 0.3) is 0 Å². The fraction of sp³-hybridized carbons (Fsp3) is 0.476. The molecule has 26 heavy (non-hydrogen) atoms. The van der Waals surface area contributed by atoms with Crippen LogP contribution < -0.4 is 10.5 Å². The molecule has 0 unspecified atom stereocenters. The molecule has 3 aromatic rings. The molecule has 0 bridgehead atoms. The summed E-state index contributed by atoms with van der Waals surface area (Å²) >= 11 is 1.75. The lowest BCUT2D eigenvalue weighted by Crippen LogP contribution is -2.36. The zero-order chi connectivity index (χ0) is 17.9. The molecule has 0 aliphatic carbocycles. The van der Waals surface area contributed by atoms with Crippen LogP contribution >= 0.6 is 11.3 Å². The Morgan fingerprint density at radius 1 is 1.27 bits per heavy atom. The van der Waals surface area contributed by atoms with Crippen molar-refractivity contribution in [3.63, 3.8) is 0 Å². The summed E-state index contributed by atoms with van der Waals surface area (Å²) in [6, 6.07) is 6.35. The number of benzene rings is 1. The predicted molar refractivity (Wildman–Crippen MR) is 110 cm³/mol. The van der Waals surface area contributed by atoms with E-state index in [1.165, 1.54) is 47.0 Å². The average Bonchev–Trinajstić information content (AvgIpc) is 3.17. The van der Waals surface area contributed by atoms with Gasteiger partial charge in [-0.1, -0.05) is 0 Å². The fourth-order valence-corrected chi connectivity index (χ4v) is 4.91. The van der Waals surface area contributed by atoms with Gasteiger partial charge in [0.05, 0.1) is 17.3 Å². The Hall–Kier alpha value is -1.69. The van der Waals surface area contributed by atoms with Gasteiger partial charge in [-0.15, -0.1) is 11.3 Å². The smallest absolute Gasteiger partial charge is 0.122 e. The van der Waals surface area contributed by atoms with Crippen LogP contribution in [-0.4, -0.2) is 43.2 Å². The van der Waals surface area contributed by atoms with Gasteiger partial charge in [-0.2, -0.15) is 0 Å². The number of nitrogens with two attached hydrogens (primary N) is 1. The summed E-state index contributed by atoms with van der Waals surface area (Å²) in [5.74, 6) is 1.71. The van der Waals surface area contributed by atoms with Crippen LogP contribution in [-0.2, 0) is 6.42 Å². The van der Waals surface area contributed by atoms with Crippen LogP contribution in [0.15, 0.2) is 29.8 Å². The van der Waals surface area contributed by atoms with E-state index in [4.69, 9.17) is 10.5 Å². The number of rotatable bonds is 6. The van der Waals surface area contributed by atoms with Crippen molar-refractivity contribution in [3.05, 3.63) is 35.3 Å². The average molecular weight is 370 g/mol. The third-order valence-corrected chi connectivity index (χ3v) is 6.55. The topological polar surface area (TPSA) is 51.4 Å². The zero-order valence-corrected chi connectivity index (χ0v) is 16.2. The molecule has 0 spiro atoms. The highest BCUT2D eigenvalue weighted by Gasteiger charge is 2.18. The van der Waals surface area contributed by atoms with Gasteiger partial charge in [0.2, 0.25) is 0 Å². The van der Waals surface area contributed by atoms with E-state index in [-0.39, 0.29) is 0 Å². The molecule has 1 aliphatic heterocycles. The number of nitrogens with zero attached hydrogens (tertiary/aromatic N) is 2. The molecule has 5 heteroatoms. The van der Waals surface area contributed by atoms with Crippen molar-refractivity contribution in [2.45, 2.75) is 25.7 Å². The molecule has 0 atom stereocenters. The molecular weight excluding hydrogens is 342 g/mol. The summed E-state index contributed by atoms with van der Waals surface area (Å²) in [5, 5.41) is 4.72. The van der Waals surface area contributed by atoms with Crippen molar-refractivity contribution in [3.8, 4) is 5.75 Å². The molecule has 0 saturated carbocycles. The summed E-state index contributed by atoms with van der Waals surface area (Å²) in [6.45, 7) is 4.35. The van der Waals surface area contributed by atoms with Crippen LogP contribution in [0.25, 0.3) is 21.0 Å². The number of ether oxygens (including phenoxy) is 1. The SMILES string of the molecule is COc1ccc2ncc3sccc3c2c1CCCN1CCC(CN)CC1. The van der Waals surface area contributed by atoms with Crippen LogP contribution in [0.4, 0.5) is 0 Å². The van der Waals surface area contributed by atoms with Gasteiger partial charge in [-0.25, -0.2) is 0 Å². The van der Waals surface area contributed by atoms with Crippen LogP contribution in [0.1, 0.15) is 24.8 Å². The summed E-state index contributed by atoms with van der Waals surface area (Å²) < 4.78 is 6.94. The number of fused-ring (bicyclic) bond motifs is 3. The second-order valence-electron chi connectivity index (χ2n) is 7.22. The van der Waals surface area contributed by atoms with Crippen molar-refractivity contribution in [1.29, 1.82) is 0 Å². The van der Waals surface area contributed by atoms with Crippen molar-refractivity contribution in [2.24, 2.45) is 11.7 Å². The molecule has 0 amide bonds. The first-order valence-corrected chi connectivity index (χ1v) is 10.4. The van der Waals surface area contributed by atoms with E-state index in [0.717, 1.165) is 43.1 Å². The Balaban J connectivity index is 1.54. The molecule has 0 radical (unpaired) electrons. The highest BCUT2D eigenvalue weighted by molar-refractivity contribution is 7.17. The third-order valence-electron chi connectivity index (χ3n) is 5.69. The summed E-state index contributed by atoms with van der Waals surface area (Å²) in [4.78, 5) is 7.25. The lowest BCUT2D eigenvalue weighted by atomic mass is 9.96. The maximum atomic E-state index is 5.81. The standard InChI is InChI=1S/C21H27N3OS/c1-25-19-5-4-18-21(17-8-12-26-20(17)14-23-18)16(19)3-2-9-24-10-6-15(13-22)7-11-24/h4-5,8,12,14-15H,2-3,6-7,9-11,13,22H2,1H3. The van der Waals surface area contributed by atoms with Gasteiger partial charge in [0.1, 0.15) is 5.75 Å². The molecule has 4 nitrogen and oxygen atoms in total. The quantitative estimate of drug-likeness (QED) is 0.712. The Kier molecular flexibility index (Phi) is 5.38. The molecule has 1 aromatic carbocycles. The lowest BCUT2D eigenvalue weighted by molar-refractivity contribution is 0.186. The maximum absolute atomic E-state index is 5.81. The highest BCUT2D eigenvalue weighted by Crippen LogP contribution is 2.35. The monoisotopic (exact) mass is 369 g/mol. The van der Waals surface area contributed by atoms with Gasteiger partial charge in [0.15, 0.2) is 0 Å². The van der Waals surface area contributed by atoms with Crippen LogP contribution in [0.3, 0.4) is 0 Å². The first kappa shape index (κ1) is 17.7. The molecule has 138 valence electrons. The number of aromatic nitrogens is 1. The second kappa shape index (κ2) is 7.91. The van der Waals surface area contributed by atoms with Crippen LogP contribution in [0, 0.1) is 5.92 Å². The molecule has 4 rings (SSSR count). The number of pyridine rings is 1. The minimum Gasteiger partial charge on any atom is -0.496 e. The number of hydrogen-bond donors (Lipinski definition) is 1. The van der Waals surface area contributed by atoms with Gasteiger partial charge in [0, 0.05) is 22.5 Å². The summed E-state index contributed by atoms with van der Waals surface area (Å²) in [7, 11) is 1.77. The number of methoxy groups -OCH3 is 1. The number of thiophene rings is 1. The number of aryl methyl sites for hydroxylation is 1.